The Labute approximate surface area is 96.1 Å². The average molecular weight is 267 g/mol. The van der Waals surface area contributed by atoms with Crippen LogP contribution >= 0.6 is 48.0 Å². The standard InChI is InChI=1S/C4H8N2S4.Mn/c5-3(7)9-1-2-10-4(6)8;/h1-2H2,(H2,5,7)(H2,6,8);. The number of thiocarbonyl (C=S) groups is 2. The molecule has 0 saturated carbocycles. The van der Waals surface area contributed by atoms with E-state index in [-0.39, 0.29) is 17.1 Å². The van der Waals surface area contributed by atoms with E-state index in [0.29, 0.717) is 8.64 Å². The van der Waals surface area contributed by atoms with E-state index in [0.717, 1.165) is 11.5 Å². The van der Waals surface area contributed by atoms with Gasteiger partial charge in [-0.25, -0.2) is 0 Å². The van der Waals surface area contributed by atoms with E-state index >= 15 is 0 Å². The van der Waals surface area contributed by atoms with Gasteiger partial charge >= 0.3 is 0 Å². The Morgan fingerprint density at radius 2 is 1.27 bits per heavy atom. The maximum atomic E-state index is 5.23. The van der Waals surface area contributed by atoms with Gasteiger partial charge in [0.15, 0.2) is 0 Å². The van der Waals surface area contributed by atoms with Crippen molar-refractivity contribution >= 4 is 56.6 Å². The van der Waals surface area contributed by atoms with E-state index < -0.39 is 0 Å². The summed E-state index contributed by atoms with van der Waals surface area (Å²) in [6, 6.07) is 0. The van der Waals surface area contributed by atoms with E-state index in [1.54, 1.807) is 0 Å². The van der Waals surface area contributed by atoms with Gasteiger partial charge in [-0.2, -0.15) is 0 Å². The predicted molar refractivity (Wildman–Crippen MR) is 58.5 cm³/mol. The molecule has 0 bridgehead atoms. The Kier molecular flexibility index (Phi) is 12.0. The van der Waals surface area contributed by atoms with Crippen molar-refractivity contribution in [2.24, 2.45) is 11.5 Å². The van der Waals surface area contributed by atoms with Crippen molar-refractivity contribution in [3.05, 3.63) is 0 Å². The smallest absolute Gasteiger partial charge is 0.131 e. The van der Waals surface area contributed by atoms with Crippen LogP contribution in [0.15, 0.2) is 0 Å². The van der Waals surface area contributed by atoms with Crippen LogP contribution in [0.3, 0.4) is 0 Å². The van der Waals surface area contributed by atoms with Gasteiger partial charge in [-0.3, -0.25) is 0 Å². The van der Waals surface area contributed by atoms with E-state index in [4.69, 9.17) is 11.5 Å². The largest absolute Gasteiger partial charge is 0.385 e. The van der Waals surface area contributed by atoms with Crippen molar-refractivity contribution in [1.82, 2.24) is 0 Å². The van der Waals surface area contributed by atoms with Crippen LogP contribution < -0.4 is 11.5 Å². The van der Waals surface area contributed by atoms with Gasteiger partial charge in [0.25, 0.3) is 0 Å². The zero-order valence-corrected chi connectivity index (χ0v) is 10.0. The van der Waals surface area contributed by atoms with Crippen molar-refractivity contribution in [3.63, 3.8) is 0 Å². The fourth-order valence-corrected chi connectivity index (χ4v) is 1.85. The Morgan fingerprint density at radius 1 is 1.00 bits per heavy atom. The van der Waals surface area contributed by atoms with E-state index in [2.05, 4.69) is 24.4 Å². The summed E-state index contributed by atoms with van der Waals surface area (Å²) in [5, 5.41) is 0. The van der Waals surface area contributed by atoms with E-state index in [1.807, 2.05) is 0 Å². The molecule has 0 aliphatic rings. The minimum absolute atomic E-state index is 0. The summed E-state index contributed by atoms with van der Waals surface area (Å²) < 4.78 is 0.951. The number of nitrogens with two attached hydrogens (primary N) is 2. The molecule has 0 atom stereocenters. The molecule has 2 nitrogen and oxygen atoms in total. The fraction of sp³-hybridized carbons (Fsp3) is 0.500. The summed E-state index contributed by atoms with van der Waals surface area (Å²) in [6.07, 6.45) is 0. The quantitative estimate of drug-likeness (QED) is 0.451. The van der Waals surface area contributed by atoms with Crippen LogP contribution in [-0.4, -0.2) is 20.1 Å². The van der Waals surface area contributed by atoms with Crippen LogP contribution in [-0.2, 0) is 17.1 Å². The van der Waals surface area contributed by atoms with Crippen LogP contribution in [0.2, 0.25) is 0 Å². The van der Waals surface area contributed by atoms with E-state index in [9.17, 15) is 0 Å². The topological polar surface area (TPSA) is 52.0 Å². The fourth-order valence-electron chi connectivity index (χ4n) is 0.285. The van der Waals surface area contributed by atoms with Crippen molar-refractivity contribution in [2.75, 3.05) is 11.5 Å². The van der Waals surface area contributed by atoms with Gasteiger partial charge in [-0.15, -0.1) is 0 Å². The van der Waals surface area contributed by atoms with Crippen LogP contribution in [0.5, 0.6) is 0 Å². The molecule has 0 saturated heterocycles. The molecule has 4 N–H and O–H groups in total. The van der Waals surface area contributed by atoms with Gasteiger partial charge in [0, 0.05) is 28.6 Å². The van der Waals surface area contributed by atoms with Gasteiger partial charge in [0.1, 0.15) is 8.64 Å². The summed E-state index contributed by atoms with van der Waals surface area (Å²) in [7, 11) is 0. The SMILES string of the molecule is NC(=S)SCCSC(N)=S.[Mn]. The Hall–Kier alpha value is 0.999. The summed E-state index contributed by atoms with van der Waals surface area (Å²) in [5.41, 5.74) is 10.5. The molecule has 65 valence electrons. The maximum absolute atomic E-state index is 5.23. The number of rotatable bonds is 3. The first kappa shape index (κ1) is 14.5. The molecular formula is C4H8MnN2S4. The van der Waals surface area contributed by atoms with Gasteiger partial charge in [0.05, 0.1) is 0 Å². The molecule has 0 aliphatic carbocycles. The molecule has 0 spiro atoms. The second-order valence-corrected chi connectivity index (χ2v) is 5.00. The van der Waals surface area contributed by atoms with Crippen LogP contribution in [0.4, 0.5) is 0 Å². The van der Waals surface area contributed by atoms with Gasteiger partial charge in [-0.05, 0) is 0 Å². The molecule has 7 heteroatoms. The first-order chi connectivity index (χ1) is 4.63. The summed E-state index contributed by atoms with van der Waals surface area (Å²) in [6.45, 7) is 0. The first-order valence-electron chi connectivity index (χ1n) is 2.47. The molecular weight excluding hydrogens is 259 g/mol. The minimum Gasteiger partial charge on any atom is -0.385 e. The van der Waals surface area contributed by atoms with E-state index in [1.165, 1.54) is 23.5 Å². The van der Waals surface area contributed by atoms with Gasteiger partial charge in [0.2, 0.25) is 0 Å². The Bertz CT molecular complexity index is 124. The number of thioether (sulfide) groups is 2. The zero-order chi connectivity index (χ0) is 7.98. The predicted octanol–water partition coefficient (Wildman–Crippen LogP) is 0.938. The molecule has 1 radical (unpaired) electrons. The third kappa shape index (κ3) is 13.9. The summed E-state index contributed by atoms with van der Waals surface area (Å²) in [5.74, 6) is 1.74. The number of hydrogen-bond acceptors (Lipinski definition) is 4. The van der Waals surface area contributed by atoms with Crippen LogP contribution in [0.1, 0.15) is 0 Å². The minimum atomic E-state index is 0. The van der Waals surface area contributed by atoms with Crippen molar-refractivity contribution < 1.29 is 17.1 Å². The first-order valence-corrected chi connectivity index (χ1v) is 5.26. The second-order valence-electron chi connectivity index (χ2n) is 1.33. The zero-order valence-electron chi connectivity index (χ0n) is 5.58. The molecule has 0 rings (SSSR count). The molecule has 0 unspecified atom stereocenters. The molecule has 0 heterocycles. The third-order valence-electron chi connectivity index (χ3n) is 0.572. The third-order valence-corrected chi connectivity index (χ3v) is 2.92. The molecule has 0 amide bonds. The molecule has 0 fully saturated rings. The average Bonchev–Trinajstić information content (AvgIpc) is 1.79. The number of hydrogen-bond donors (Lipinski definition) is 2. The molecule has 0 aromatic rings. The molecule has 0 aromatic heterocycles. The molecule has 0 aliphatic heterocycles. The maximum Gasteiger partial charge on any atom is 0.131 e. The molecule has 11 heavy (non-hydrogen) atoms. The van der Waals surface area contributed by atoms with Crippen molar-refractivity contribution in [2.45, 2.75) is 0 Å². The van der Waals surface area contributed by atoms with Crippen molar-refractivity contribution in [1.29, 1.82) is 0 Å². The normalized spacial score (nSPS) is 8.36. The van der Waals surface area contributed by atoms with Crippen LogP contribution in [0, 0.1) is 0 Å². The summed E-state index contributed by atoms with van der Waals surface area (Å²) >= 11 is 12.2. The second kappa shape index (κ2) is 9.09. The monoisotopic (exact) mass is 267 g/mol. The Morgan fingerprint density at radius 3 is 1.45 bits per heavy atom. The Balaban J connectivity index is 0. The van der Waals surface area contributed by atoms with Gasteiger partial charge < -0.3 is 11.5 Å². The molecule has 0 aromatic carbocycles. The van der Waals surface area contributed by atoms with Crippen molar-refractivity contribution in [3.8, 4) is 0 Å². The summed E-state index contributed by atoms with van der Waals surface area (Å²) in [4.78, 5) is 0. The van der Waals surface area contributed by atoms with Crippen LogP contribution in [0.25, 0.3) is 0 Å². The van der Waals surface area contributed by atoms with Gasteiger partial charge in [-0.1, -0.05) is 48.0 Å².